The fourth-order valence-corrected chi connectivity index (χ4v) is 2.54. The SMILES string of the molecule is Cc1cnccc1CN1CCC(C)NCC(C)C1. The number of hydrogen-bond donors (Lipinski definition) is 1. The third-order valence-electron chi connectivity index (χ3n) is 3.79. The Kier molecular flexibility index (Phi) is 4.72. The van der Waals surface area contributed by atoms with Crippen molar-refractivity contribution in [3.63, 3.8) is 0 Å². The molecule has 1 aromatic heterocycles. The first-order valence-corrected chi connectivity index (χ1v) is 7.00. The van der Waals surface area contributed by atoms with E-state index in [2.05, 4.69) is 42.0 Å². The average Bonchev–Trinajstić information content (AvgIpc) is 2.34. The summed E-state index contributed by atoms with van der Waals surface area (Å²) >= 11 is 0. The number of aromatic nitrogens is 1. The maximum Gasteiger partial charge on any atom is 0.0300 e. The van der Waals surface area contributed by atoms with Gasteiger partial charge in [0, 0.05) is 31.5 Å². The summed E-state index contributed by atoms with van der Waals surface area (Å²) in [6, 6.07) is 2.79. The molecule has 18 heavy (non-hydrogen) atoms. The first-order chi connectivity index (χ1) is 8.65. The van der Waals surface area contributed by atoms with Crippen LogP contribution in [0.2, 0.25) is 0 Å². The van der Waals surface area contributed by atoms with Gasteiger partial charge in [0.25, 0.3) is 0 Å². The van der Waals surface area contributed by atoms with E-state index in [4.69, 9.17) is 0 Å². The zero-order chi connectivity index (χ0) is 13.0. The molecule has 0 saturated carbocycles. The maximum atomic E-state index is 4.17. The molecule has 0 bridgehead atoms. The zero-order valence-electron chi connectivity index (χ0n) is 11.8. The van der Waals surface area contributed by atoms with Gasteiger partial charge in [0.05, 0.1) is 0 Å². The molecule has 1 saturated heterocycles. The van der Waals surface area contributed by atoms with Gasteiger partial charge in [0.15, 0.2) is 0 Å². The van der Waals surface area contributed by atoms with Crippen molar-refractivity contribution in [3.05, 3.63) is 29.6 Å². The van der Waals surface area contributed by atoms with Gasteiger partial charge in [-0.2, -0.15) is 0 Å². The van der Waals surface area contributed by atoms with E-state index < -0.39 is 0 Å². The Morgan fingerprint density at radius 2 is 2.28 bits per heavy atom. The zero-order valence-corrected chi connectivity index (χ0v) is 11.8. The number of rotatable bonds is 2. The minimum atomic E-state index is 0.633. The van der Waals surface area contributed by atoms with Crippen molar-refractivity contribution < 1.29 is 0 Å². The van der Waals surface area contributed by atoms with Crippen LogP contribution in [0, 0.1) is 12.8 Å². The molecule has 1 aliphatic rings. The van der Waals surface area contributed by atoms with E-state index in [-0.39, 0.29) is 0 Å². The molecule has 0 spiro atoms. The van der Waals surface area contributed by atoms with E-state index in [1.54, 1.807) is 0 Å². The molecule has 0 amide bonds. The Balaban J connectivity index is 2.00. The molecule has 0 radical (unpaired) electrons. The lowest BCUT2D eigenvalue weighted by atomic mass is 10.1. The Labute approximate surface area is 111 Å². The summed E-state index contributed by atoms with van der Waals surface area (Å²) in [4.78, 5) is 6.76. The minimum Gasteiger partial charge on any atom is -0.314 e. The number of hydrogen-bond acceptors (Lipinski definition) is 3. The van der Waals surface area contributed by atoms with Crippen molar-refractivity contribution in [2.24, 2.45) is 5.92 Å². The predicted octanol–water partition coefficient (Wildman–Crippen LogP) is 2.21. The topological polar surface area (TPSA) is 28.2 Å². The molecule has 1 fully saturated rings. The quantitative estimate of drug-likeness (QED) is 0.868. The minimum absolute atomic E-state index is 0.633. The van der Waals surface area contributed by atoms with Gasteiger partial charge in [-0.25, -0.2) is 0 Å². The van der Waals surface area contributed by atoms with Crippen LogP contribution in [0.25, 0.3) is 0 Å². The van der Waals surface area contributed by atoms with Crippen molar-refractivity contribution in [2.75, 3.05) is 19.6 Å². The van der Waals surface area contributed by atoms with Crippen LogP contribution >= 0.6 is 0 Å². The largest absolute Gasteiger partial charge is 0.314 e. The molecule has 100 valence electrons. The second kappa shape index (κ2) is 6.30. The standard InChI is InChI=1S/C15H25N3/c1-12-8-17-14(3)5-7-18(10-12)11-15-4-6-16-9-13(15)2/h4,6,9,12,14,17H,5,7-8,10-11H2,1-3H3. The predicted molar refractivity (Wildman–Crippen MR) is 75.5 cm³/mol. The second-order valence-electron chi connectivity index (χ2n) is 5.74. The average molecular weight is 247 g/mol. The first kappa shape index (κ1) is 13.5. The molecular formula is C15H25N3. The van der Waals surface area contributed by atoms with Crippen molar-refractivity contribution >= 4 is 0 Å². The lowest BCUT2D eigenvalue weighted by molar-refractivity contribution is 0.194. The lowest BCUT2D eigenvalue weighted by Crippen LogP contribution is -2.42. The summed E-state index contributed by atoms with van der Waals surface area (Å²) in [6.07, 6.45) is 5.10. The van der Waals surface area contributed by atoms with Crippen LogP contribution in [0.15, 0.2) is 18.5 Å². The Hall–Kier alpha value is -0.930. The van der Waals surface area contributed by atoms with Crippen LogP contribution in [0.1, 0.15) is 31.4 Å². The summed E-state index contributed by atoms with van der Waals surface area (Å²) < 4.78 is 0. The number of pyridine rings is 1. The van der Waals surface area contributed by atoms with Gasteiger partial charge in [-0.05, 0) is 56.5 Å². The highest BCUT2D eigenvalue weighted by molar-refractivity contribution is 5.21. The lowest BCUT2D eigenvalue weighted by Gasteiger charge is -2.31. The molecular weight excluding hydrogens is 222 g/mol. The van der Waals surface area contributed by atoms with Crippen LogP contribution in [0.3, 0.4) is 0 Å². The molecule has 0 aliphatic carbocycles. The van der Waals surface area contributed by atoms with Gasteiger partial charge in [-0.15, -0.1) is 0 Å². The highest BCUT2D eigenvalue weighted by Crippen LogP contribution is 2.13. The number of nitrogens with zero attached hydrogens (tertiary/aromatic N) is 2. The van der Waals surface area contributed by atoms with E-state index >= 15 is 0 Å². The summed E-state index contributed by atoms with van der Waals surface area (Å²) in [6.45, 7) is 11.3. The van der Waals surface area contributed by atoms with Gasteiger partial charge in [-0.1, -0.05) is 6.92 Å². The third-order valence-corrected chi connectivity index (χ3v) is 3.79. The molecule has 2 rings (SSSR count). The smallest absolute Gasteiger partial charge is 0.0300 e. The molecule has 0 aromatic carbocycles. The fourth-order valence-electron chi connectivity index (χ4n) is 2.54. The highest BCUT2D eigenvalue weighted by Gasteiger charge is 2.16. The number of nitrogens with one attached hydrogen (secondary N) is 1. The van der Waals surface area contributed by atoms with E-state index in [1.807, 2.05) is 12.4 Å². The molecule has 3 nitrogen and oxygen atoms in total. The number of aryl methyl sites for hydroxylation is 1. The molecule has 2 heterocycles. The molecule has 1 aromatic rings. The molecule has 3 heteroatoms. The summed E-state index contributed by atoms with van der Waals surface area (Å²) in [5.74, 6) is 0.717. The monoisotopic (exact) mass is 247 g/mol. The van der Waals surface area contributed by atoms with E-state index in [9.17, 15) is 0 Å². The van der Waals surface area contributed by atoms with Gasteiger partial charge in [-0.3, -0.25) is 9.88 Å². The van der Waals surface area contributed by atoms with Crippen molar-refractivity contribution in [1.82, 2.24) is 15.2 Å². The summed E-state index contributed by atoms with van der Waals surface area (Å²) in [5, 5.41) is 3.59. The van der Waals surface area contributed by atoms with Crippen molar-refractivity contribution in [3.8, 4) is 0 Å². The maximum absolute atomic E-state index is 4.17. The Bertz CT molecular complexity index is 378. The highest BCUT2D eigenvalue weighted by atomic mass is 15.1. The van der Waals surface area contributed by atoms with Crippen LogP contribution in [0.5, 0.6) is 0 Å². The fraction of sp³-hybridized carbons (Fsp3) is 0.667. The van der Waals surface area contributed by atoms with Gasteiger partial charge >= 0.3 is 0 Å². The molecule has 2 unspecified atom stereocenters. The Morgan fingerprint density at radius 1 is 1.44 bits per heavy atom. The second-order valence-corrected chi connectivity index (χ2v) is 5.74. The van der Waals surface area contributed by atoms with E-state index in [1.165, 1.54) is 30.6 Å². The van der Waals surface area contributed by atoms with Gasteiger partial charge in [0.2, 0.25) is 0 Å². The first-order valence-electron chi connectivity index (χ1n) is 7.00. The summed E-state index contributed by atoms with van der Waals surface area (Å²) in [5.41, 5.74) is 2.72. The van der Waals surface area contributed by atoms with Gasteiger partial charge in [0.1, 0.15) is 0 Å². The molecule has 1 aliphatic heterocycles. The third kappa shape index (κ3) is 3.79. The normalized spacial score (nSPS) is 26.6. The van der Waals surface area contributed by atoms with Crippen molar-refractivity contribution in [1.29, 1.82) is 0 Å². The van der Waals surface area contributed by atoms with Crippen molar-refractivity contribution in [2.45, 2.75) is 39.8 Å². The van der Waals surface area contributed by atoms with Gasteiger partial charge < -0.3 is 5.32 Å². The Morgan fingerprint density at radius 3 is 3.06 bits per heavy atom. The molecule has 2 atom stereocenters. The van der Waals surface area contributed by atoms with Crippen LogP contribution in [-0.2, 0) is 6.54 Å². The van der Waals surface area contributed by atoms with E-state index in [0.29, 0.717) is 6.04 Å². The molecule has 1 N–H and O–H groups in total. The van der Waals surface area contributed by atoms with Crippen LogP contribution in [-0.4, -0.2) is 35.6 Å². The summed E-state index contributed by atoms with van der Waals surface area (Å²) in [7, 11) is 0. The van der Waals surface area contributed by atoms with E-state index in [0.717, 1.165) is 19.0 Å². The van der Waals surface area contributed by atoms with Crippen LogP contribution < -0.4 is 5.32 Å². The van der Waals surface area contributed by atoms with Crippen LogP contribution in [0.4, 0.5) is 0 Å².